The second-order valence-corrected chi connectivity index (χ2v) is 3.24. The summed E-state index contributed by atoms with van der Waals surface area (Å²) < 4.78 is 4.99. The van der Waals surface area contributed by atoms with Crippen LogP contribution in [-0.4, -0.2) is 24.0 Å². The highest BCUT2D eigenvalue weighted by Gasteiger charge is 2.31. The van der Waals surface area contributed by atoms with Gasteiger partial charge in [0.1, 0.15) is 5.75 Å². The predicted octanol–water partition coefficient (Wildman–Crippen LogP) is 0.621. The number of carbonyl (C=O) groups is 2. The summed E-state index contributed by atoms with van der Waals surface area (Å²) in [5, 5.41) is 11.5. The van der Waals surface area contributed by atoms with E-state index < -0.39 is 17.6 Å². The van der Waals surface area contributed by atoms with Crippen LogP contribution in [0.4, 0.5) is 0 Å². The molecule has 1 aliphatic rings. The summed E-state index contributed by atoms with van der Waals surface area (Å²) in [7, 11) is 1.49. The van der Waals surface area contributed by atoms with E-state index in [1.54, 1.807) is 24.3 Å². The summed E-state index contributed by atoms with van der Waals surface area (Å²) in [4.78, 5) is 22.5. The smallest absolute Gasteiger partial charge is 0.293 e. The van der Waals surface area contributed by atoms with Crippen molar-refractivity contribution in [2.45, 2.75) is 0 Å². The minimum absolute atomic E-state index is 0.0242. The van der Waals surface area contributed by atoms with Crippen LogP contribution in [0.25, 0.3) is 5.57 Å². The lowest BCUT2D eigenvalue weighted by Gasteiger charge is -2.03. The monoisotopic (exact) mass is 219 g/mol. The molecule has 0 fully saturated rings. The van der Waals surface area contributed by atoms with Gasteiger partial charge in [-0.25, -0.2) is 0 Å². The van der Waals surface area contributed by atoms with E-state index in [4.69, 9.17) is 4.74 Å². The molecule has 5 heteroatoms. The maximum atomic E-state index is 11.4. The van der Waals surface area contributed by atoms with Gasteiger partial charge >= 0.3 is 0 Å². The highest BCUT2D eigenvalue weighted by atomic mass is 16.5. The lowest BCUT2D eigenvalue weighted by molar-refractivity contribution is -0.124. The number of amides is 2. The van der Waals surface area contributed by atoms with Crippen LogP contribution in [0.5, 0.6) is 5.75 Å². The van der Waals surface area contributed by atoms with Crippen LogP contribution < -0.4 is 10.1 Å². The average molecular weight is 219 g/mol. The molecule has 0 bridgehead atoms. The van der Waals surface area contributed by atoms with E-state index in [2.05, 4.69) is 0 Å². The van der Waals surface area contributed by atoms with Crippen LogP contribution in [0.3, 0.4) is 0 Å². The largest absolute Gasteiger partial charge is 0.502 e. The molecule has 0 aliphatic carbocycles. The van der Waals surface area contributed by atoms with Gasteiger partial charge < -0.3 is 9.84 Å². The van der Waals surface area contributed by atoms with Crippen LogP contribution in [0, 0.1) is 0 Å². The molecule has 1 aromatic rings. The van der Waals surface area contributed by atoms with Crippen molar-refractivity contribution in [2.75, 3.05) is 7.11 Å². The predicted molar refractivity (Wildman–Crippen MR) is 55.7 cm³/mol. The molecule has 1 aliphatic heterocycles. The van der Waals surface area contributed by atoms with E-state index in [1.807, 2.05) is 5.32 Å². The molecule has 5 nitrogen and oxygen atoms in total. The molecule has 0 aromatic heterocycles. The van der Waals surface area contributed by atoms with Gasteiger partial charge in [0, 0.05) is 0 Å². The first-order valence-corrected chi connectivity index (χ1v) is 4.57. The van der Waals surface area contributed by atoms with Crippen molar-refractivity contribution >= 4 is 17.4 Å². The Kier molecular flexibility index (Phi) is 2.36. The van der Waals surface area contributed by atoms with Crippen molar-refractivity contribution in [3.8, 4) is 5.75 Å². The molecule has 0 unspecified atom stereocenters. The molecular formula is C11H9NO4. The Balaban J connectivity index is 2.51. The van der Waals surface area contributed by atoms with Crippen LogP contribution >= 0.6 is 0 Å². The fraction of sp³-hybridized carbons (Fsp3) is 0.0909. The van der Waals surface area contributed by atoms with Crippen molar-refractivity contribution in [1.29, 1.82) is 0 Å². The zero-order valence-corrected chi connectivity index (χ0v) is 8.48. The fourth-order valence-corrected chi connectivity index (χ4v) is 1.49. The first kappa shape index (κ1) is 10.2. The van der Waals surface area contributed by atoms with E-state index in [9.17, 15) is 14.7 Å². The molecular weight excluding hydrogens is 210 g/mol. The maximum absolute atomic E-state index is 11.4. The number of carbonyl (C=O) groups excluding carboxylic acids is 2. The molecule has 0 saturated heterocycles. The maximum Gasteiger partial charge on any atom is 0.293 e. The van der Waals surface area contributed by atoms with E-state index >= 15 is 0 Å². The van der Waals surface area contributed by atoms with Gasteiger partial charge in [-0.15, -0.1) is 0 Å². The SMILES string of the molecule is COc1cccc(C2=C(O)C(=O)NC2=O)c1. The lowest BCUT2D eigenvalue weighted by atomic mass is 10.1. The Morgan fingerprint density at radius 2 is 2.00 bits per heavy atom. The summed E-state index contributed by atoms with van der Waals surface area (Å²) in [5.41, 5.74) is 0.420. The summed E-state index contributed by atoms with van der Waals surface area (Å²) in [6, 6.07) is 6.57. The van der Waals surface area contributed by atoms with Gasteiger partial charge in [0.2, 0.25) is 0 Å². The number of methoxy groups -OCH3 is 1. The third-order valence-electron chi connectivity index (χ3n) is 2.26. The Morgan fingerprint density at radius 3 is 2.56 bits per heavy atom. The molecule has 0 saturated carbocycles. The second kappa shape index (κ2) is 3.69. The Labute approximate surface area is 91.3 Å². The van der Waals surface area contributed by atoms with Crippen LogP contribution in [-0.2, 0) is 9.59 Å². The lowest BCUT2D eigenvalue weighted by Crippen LogP contribution is -2.22. The van der Waals surface area contributed by atoms with E-state index in [-0.39, 0.29) is 5.57 Å². The van der Waals surface area contributed by atoms with Gasteiger partial charge in [0.15, 0.2) is 5.76 Å². The summed E-state index contributed by atoms with van der Waals surface area (Å²) in [5.74, 6) is -1.39. The number of hydrogen-bond donors (Lipinski definition) is 2. The quantitative estimate of drug-likeness (QED) is 0.715. The number of imide groups is 1. The number of aliphatic hydroxyl groups is 1. The first-order valence-electron chi connectivity index (χ1n) is 4.57. The minimum atomic E-state index is -0.775. The average Bonchev–Trinajstić information content (AvgIpc) is 2.53. The van der Waals surface area contributed by atoms with Crippen molar-refractivity contribution in [2.24, 2.45) is 0 Å². The zero-order chi connectivity index (χ0) is 11.7. The van der Waals surface area contributed by atoms with Crippen molar-refractivity contribution in [3.63, 3.8) is 0 Å². The molecule has 82 valence electrons. The van der Waals surface area contributed by atoms with Gasteiger partial charge in [-0.05, 0) is 17.7 Å². The van der Waals surface area contributed by atoms with Gasteiger partial charge in [0.25, 0.3) is 11.8 Å². The van der Waals surface area contributed by atoms with Crippen LogP contribution in [0.2, 0.25) is 0 Å². The molecule has 2 amide bonds. The molecule has 16 heavy (non-hydrogen) atoms. The first-order chi connectivity index (χ1) is 7.63. The molecule has 2 rings (SSSR count). The molecule has 0 radical (unpaired) electrons. The minimum Gasteiger partial charge on any atom is -0.502 e. The third kappa shape index (κ3) is 1.52. The van der Waals surface area contributed by atoms with Crippen molar-refractivity contribution in [1.82, 2.24) is 5.32 Å². The van der Waals surface area contributed by atoms with E-state index in [1.165, 1.54) is 7.11 Å². The zero-order valence-electron chi connectivity index (χ0n) is 8.48. The molecule has 0 atom stereocenters. The van der Waals surface area contributed by atoms with Gasteiger partial charge in [-0.1, -0.05) is 12.1 Å². The number of nitrogens with one attached hydrogen (secondary N) is 1. The number of hydrogen-bond acceptors (Lipinski definition) is 4. The number of aliphatic hydroxyl groups excluding tert-OH is 1. The number of ether oxygens (including phenoxy) is 1. The van der Waals surface area contributed by atoms with E-state index in [0.717, 1.165) is 0 Å². The Morgan fingerprint density at radius 1 is 1.25 bits per heavy atom. The summed E-state index contributed by atoms with van der Waals surface area (Å²) in [6.07, 6.45) is 0. The molecule has 0 spiro atoms. The summed E-state index contributed by atoms with van der Waals surface area (Å²) >= 11 is 0. The van der Waals surface area contributed by atoms with Gasteiger partial charge in [-0.3, -0.25) is 14.9 Å². The van der Waals surface area contributed by atoms with Gasteiger partial charge in [0.05, 0.1) is 12.7 Å². The standard InChI is InChI=1S/C11H9NO4/c1-16-7-4-2-3-6(5-7)8-9(13)11(15)12-10(8)14/h2-5H,1H3,(H2,12,13,14,15). The highest BCUT2D eigenvalue weighted by molar-refractivity contribution is 6.35. The fourth-order valence-electron chi connectivity index (χ4n) is 1.49. The summed E-state index contributed by atoms with van der Waals surface area (Å²) in [6.45, 7) is 0. The molecule has 1 aromatic carbocycles. The second-order valence-electron chi connectivity index (χ2n) is 3.24. The van der Waals surface area contributed by atoms with Crippen molar-refractivity contribution < 1.29 is 19.4 Å². The molecule has 2 N–H and O–H groups in total. The molecule has 1 heterocycles. The topological polar surface area (TPSA) is 75.6 Å². The van der Waals surface area contributed by atoms with Crippen LogP contribution in [0.1, 0.15) is 5.56 Å². The number of benzene rings is 1. The Bertz CT molecular complexity index is 504. The van der Waals surface area contributed by atoms with E-state index in [0.29, 0.717) is 11.3 Å². The third-order valence-corrected chi connectivity index (χ3v) is 2.26. The normalized spacial score (nSPS) is 15.3. The number of rotatable bonds is 2. The Hall–Kier alpha value is -2.30. The van der Waals surface area contributed by atoms with Crippen LogP contribution in [0.15, 0.2) is 30.0 Å². The van der Waals surface area contributed by atoms with Gasteiger partial charge in [-0.2, -0.15) is 0 Å². The van der Waals surface area contributed by atoms with Crippen molar-refractivity contribution in [3.05, 3.63) is 35.6 Å². The highest BCUT2D eigenvalue weighted by Crippen LogP contribution is 2.25.